The second kappa shape index (κ2) is 6.81. The number of furan rings is 1. The van der Waals surface area contributed by atoms with E-state index in [1.807, 2.05) is 0 Å². The van der Waals surface area contributed by atoms with Gasteiger partial charge in [-0.25, -0.2) is 0 Å². The molecule has 0 aliphatic heterocycles. The van der Waals surface area contributed by atoms with Crippen molar-refractivity contribution < 1.29 is 23.5 Å². The second-order valence-electron chi connectivity index (χ2n) is 5.70. The molecule has 1 heterocycles. The Morgan fingerprint density at radius 1 is 0.960 bits per heavy atom. The minimum absolute atomic E-state index is 0.0637. The standard InChI is InChI=1S/C20H18O5/c1-12(21)10-18-19(16-11-15(24-3)8-9-17(16)25-18)20(22)13-4-6-14(23-2)7-5-13/h4-9,11H,10H2,1-3H3. The SMILES string of the molecule is COc1ccc(C(=O)c2c(CC(C)=O)oc3ccc(OC)cc23)cc1. The van der Waals surface area contributed by atoms with Crippen LogP contribution < -0.4 is 9.47 Å². The summed E-state index contributed by atoms with van der Waals surface area (Å²) >= 11 is 0. The summed E-state index contributed by atoms with van der Waals surface area (Å²) in [6, 6.07) is 12.1. The molecule has 0 aliphatic rings. The van der Waals surface area contributed by atoms with Gasteiger partial charge in [-0.1, -0.05) is 0 Å². The molecule has 2 aromatic carbocycles. The van der Waals surface area contributed by atoms with E-state index in [1.54, 1.807) is 56.7 Å². The van der Waals surface area contributed by atoms with Crippen molar-refractivity contribution in [2.45, 2.75) is 13.3 Å². The van der Waals surface area contributed by atoms with Crippen LogP contribution in [-0.4, -0.2) is 25.8 Å². The van der Waals surface area contributed by atoms with Gasteiger partial charge in [-0.3, -0.25) is 9.59 Å². The summed E-state index contributed by atoms with van der Waals surface area (Å²) in [6.07, 6.45) is 0.0637. The van der Waals surface area contributed by atoms with E-state index in [2.05, 4.69) is 0 Å². The summed E-state index contributed by atoms with van der Waals surface area (Å²) in [5, 5.41) is 0.636. The highest BCUT2D eigenvalue weighted by Crippen LogP contribution is 2.32. The van der Waals surface area contributed by atoms with Gasteiger partial charge in [-0.2, -0.15) is 0 Å². The van der Waals surface area contributed by atoms with Crippen molar-refractivity contribution in [2.24, 2.45) is 0 Å². The Morgan fingerprint density at radius 2 is 1.60 bits per heavy atom. The molecule has 5 nitrogen and oxygen atoms in total. The molecule has 0 fully saturated rings. The molecule has 0 N–H and O–H groups in total. The Bertz CT molecular complexity index is 935. The number of hydrogen-bond donors (Lipinski definition) is 0. The summed E-state index contributed by atoms with van der Waals surface area (Å²) in [5.41, 5.74) is 1.44. The summed E-state index contributed by atoms with van der Waals surface area (Å²) in [4.78, 5) is 24.7. The lowest BCUT2D eigenvalue weighted by molar-refractivity contribution is -0.116. The predicted octanol–water partition coefficient (Wildman–Crippen LogP) is 3.81. The third kappa shape index (κ3) is 3.26. The van der Waals surface area contributed by atoms with Crippen molar-refractivity contribution in [3.05, 3.63) is 59.4 Å². The Kier molecular flexibility index (Phi) is 4.57. The number of carbonyl (C=O) groups excluding carboxylic acids is 2. The zero-order valence-corrected chi connectivity index (χ0v) is 14.3. The van der Waals surface area contributed by atoms with E-state index in [1.165, 1.54) is 6.92 Å². The molecular weight excluding hydrogens is 320 g/mol. The number of rotatable bonds is 6. The van der Waals surface area contributed by atoms with Gasteiger partial charge in [0.25, 0.3) is 0 Å². The van der Waals surface area contributed by atoms with Crippen molar-refractivity contribution >= 4 is 22.5 Å². The molecule has 0 unspecified atom stereocenters. The van der Waals surface area contributed by atoms with Gasteiger partial charge in [0, 0.05) is 10.9 Å². The van der Waals surface area contributed by atoms with Gasteiger partial charge in [0.2, 0.25) is 0 Å². The van der Waals surface area contributed by atoms with Gasteiger partial charge in [0.15, 0.2) is 5.78 Å². The van der Waals surface area contributed by atoms with Crippen LogP contribution in [0, 0.1) is 0 Å². The minimum atomic E-state index is -0.203. The fraction of sp³-hybridized carbons (Fsp3) is 0.200. The first-order valence-corrected chi connectivity index (χ1v) is 7.81. The van der Waals surface area contributed by atoms with Crippen molar-refractivity contribution in [2.75, 3.05) is 14.2 Å². The van der Waals surface area contributed by atoms with Gasteiger partial charge >= 0.3 is 0 Å². The fourth-order valence-electron chi connectivity index (χ4n) is 2.74. The van der Waals surface area contributed by atoms with Crippen LogP contribution in [0.5, 0.6) is 11.5 Å². The van der Waals surface area contributed by atoms with E-state index in [-0.39, 0.29) is 18.0 Å². The van der Waals surface area contributed by atoms with E-state index < -0.39 is 0 Å². The zero-order chi connectivity index (χ0) is 18.0. The molecule has 0 saturated heterocycles. The molecular formula is C20H18O5. The van der Waals surface area contributed by atoms with Gasteiger partial charge in [0.1, 0.15) is 28.6 Å². The maximum atomic E-state index is 13.1. The van der Waals surface area contributed by atoms with Crippen molar-refractivity contribution in [3.63, 3.8) is 0 Å². The Labute approximate surface area is 145 Å². The number of ketones is 2. The molecule has 0 spiro atoms. The molecule has 25 heavy (non-hydrogen) atoms. The van der Waals surface area contributed by atoms with Gasteiger partial charge < -0.3 is 13.9 Å². The van der Waals surface area contributed by atoms with E-state index in [0.29, 0.717) is 39.4 Å². The molecule has 0 amide bonds. The average Bonchev–Trinajstić information content (AvgIpc) is 2.97. The van der Waals surface area contributed by atoms with Crippen LogP contribution in [-0.2, 0) is 11.2 Å². The molecule has 1 aromatic heterocycles. The number of ether oxygens (including phenoxy) is 2. The lowest BCUT2D eigenvalue weighted by atomic mass is 9.98. The highest BCUT2D eigenvalue weighted by molar-refractivity contribution is 6.17. The van der Waals surface area contributed by atoms with E-state index in [9.17, 15) is 9.59 Å². The minimum Gasteiger partial charge on any atom is -0.497 e. The van der Waals surface area contributed by atoms with Crippen molar-refractivity contribution in [3.8, 4) is 11.5 Å². The molecule has 3 aromatic rings. The fourth-order valence-corrected chi connectivity index (χ4v) is 2.74. The smallest absolute Gasteiger partial charge is 0.197 e. The topological polar surface area (TPSA) is 65.7 Å². The van der Waals surface area contributed by atoms with E-state index in [0.717, 1.165) is 0 Å². The molecule has 3 rings (SSSR count). The highest BCUT2D eigenvalue weighted by Gasteiger charge is 2.23. The third-order valence-electron chi connectivity index (χ3n) is 3.96. The van der Waals surface area contributed by atoms with Crippen molar-refractivity contribution in [1.82, 2.24) is 0 Å². The lowest BCUT2D eigenvalue weighted by Gasteiger charge is -2.04. The van der Waals surface area contributed by atoms with Crippen LogP contribution in [0.25, 0.3) is 11.0 Å². The summed E-state index contributed by atoms with van der Waals surface area (Å²) in [6.45, 7) is 1.47. The van der Waals surface area contributed by atoms with Crippen LogP contribution in [0.2, 0.25) is 0 Å². The number of fused-ring (bicyclic) bond motifs is 1. The quantitative estimate of drug-likeness (QED) is 0.639. The van der Waals surface area contributed by atoms with Gasteiger partial charge in [-0.05, 0) is 49.4 Å². The Hall–Kier alpha value is -3.08. The molecule has 0 atom stereocenters. The zero-order valence-electron chi connectivity index (χ0n) is 14.3. The van der Waals surface area contributed by atoms with E-state index in [4.69, 9.17) is 13.9 Å². The van der Waals surface area contributed by atoms with Crippen LogP contribution in [0.1, 0.15) is 28.6 Å². The van der Waals surface area contributed by atoms with Crippen LogP contribution in [0.3, 0.4) is 0 Å². The normalized spacial score (nSPS) is 10.7. The number of benzene rings is 2. The average molecular weight is 338 g/mol. The van der Waals surface area contributed by atoms with Gasteiger partial charge in [0.05, 0.1) is 26.2 Å². The Balaban J connectivity index is 2.16. The molecule has 0 radical (unpaired) electrons. The molecule has 0 saturated carbocycles. The van der Waals surface area contributed by atoms with Crippen molar-refractivity contribution in [1.29, 1.82) is 0 Å². The molecule has 0 bridgehead atoms. The van der Waals surface area contributed by atoms with Crippen LogP contribution in [0.15, 0.2) is 46.9 Å². The number of hydrogen-bond acceptors (Lipinski definition) is 5. The first-order valence-electron chi connectivity index (χ1n) is 7.81. The highest BCUT2D eigenvalue weighted by atomic mass is 16.5. The number of Topliss-reactive ketones (excluding diaryl/α,β-unsaturated/α-hetero) is 1. The van der Waals surface area contributed by atoms with Crippen LogP contribution >= 0.6 is 0 Å². The Morgan fingerprint density at radius 3 is 2.20 bits per heavy atom. The number of methoxy groups -OCH3 is 2. The first kappa shape index (κ1) is 16.8. The predicted molar refractivity (Wildman–Crippen MR) is 93.6 cm³/mol. The second-order valence-corrected chi connectivity index (χ2v) is 5.70. The summed E-state index contributed by atoms with van der Waals surface area (Å²) in [5.74, 6) is 1.38. The van der Waals surface area contributed by atoms with E-state index >= 15 is 0 Å². The van der Waals surface area contributed by atoms with Gasteiger partial charge in [-0.15, -0.1) is 0 Å². The lowest BCUT2D eigenvalue weighted by Crippen LogP contribution is -2.06. The summed E-state index contributed by atoms with van der Waals surface area (Å²) in [7, 11) is 3.13. The maximum Gasteiger partial charge on any atom is 0.197 e. The maximum absolute atomic E-state index is 13.1. The monoisotopic (exact) mass is 338 g/mol. The van der Waals surface area contributed by atoms with Crippen LogP contribution in [0.4, 0.5) is 0 Å². The summed E-state index contributed by atoms with van der Waals surface area (Å²) < 4.78 is 16.1. The largest absolute Gasteiger partial charge is 0.497 e. The number of carbonyl (C=O) groups is 2. The first-order chi connectivity index (χ1) is 12.0. The molecule has 5 heteroatoms. The molecule has 128 valence electrons. The third-order valence-corrected chi connectivity index (χ3v) is 3.96. The molecule has 0 aliphatic carbocycles.